The second-order valence-corrected chi connectivity index (χ2v) is 4.14. The van der Waals surface area contributed by atoms with Crippen LogP contribution >= 0.6 is 0 Å². The first kappa shape index (κ1) is 9.96. The predicted octanol–water partition coefficient (Wildman–Crippen LogP) is 2.43. The molecule has 0 amide bonds. The Morgan fingerprint density at radius 3 is 3.06 bits per heavy atom. The van der Waals surface area contributed by atoms with Crippen LogP contribution in [0.25, 0.3) is 0 Å². The third kappa shape index (κ3) is 1.67. The van der Waals surface area contributed by atoms with E-state index in [-0.39, 0.29) is 5.78 Å². The summed E-state index contributed by atoms with van der Waals surface area (Å²) in [5, 5.41) is 0. The van der Waals surface area contributed by atoms with Crippen molar-refractivity contribution in [3.63, 3.8) is 0 Å². The minimum Gasteiger partial charge on any atom is -0.367 e. The van der Waals surface area contributed by atoms with Gasteiger partial charge in [0, 0.05) is 24.2 Å². The zero-order valence-electron chi connectivity index (χ0n) is 9.40. The Labute approximate surface area is 98.4 Å². The van der Waals surface area contributed by atoms with Gasteiger partial charge in [0.15, 0.2) is 11.6 Å². The summed E-state index contributed by atoms with van der Waals surface area (Å²) in [6.45, 7) is 1.92. The lowest BCUT2D eigenvalue weighted by Crippen LogP contribution is -2.14. The zero-order chi connectivity index (χ0) is 11.8. The number of pyridine rings is 1. The average molecular weight is 225 g/mol. The highest BCUT2D eigenvalue weighted by molar-refractivity contribution is 6.20. The molecule has 0 aromatic carbocycles. The molecule has 84 valence electrons. The maximum Gasteiger partial charge on any atom is 0.172 e. The molecule has 0 bridgehead atoms. The second-order valence-electron chi connectivity index (χ2n) is 4.14. The first-order chi connectivity index (χ1) is 8.24. The topological polar surface area (TPSA) is 58.1 Å². The highest BCUT2D eigenvalue weighted by Gasteiger charge is 2.22. The fourth-order valence-electron chi connectivity index (χ4n) is 1.94. The SMILES string of the molecule is Cc1cnc2c(c1)C(=O)CC(c1cc[nH]c1)=N2. The number of aromatic amines is 1. The number of fused-ring (bicyclic) bond motifs is 1. The molecule has 17 heavy (non-hydrogen) atoms. The molecule has 0 fully saturated rings. The fourth-order valence-corrected chi connectivity index (χ4v) is 1.94. The van der Waals surface area contributed by atoms with E-state index in [2.05, 4.69) is 15.0 Å². The average Bonchev–Trinajstić information content (AvgIpc) is 2.83. The Kier molecular flexibility index (Phi) is 2.14. The smallest absolute Gasteiger partial charge is 0.172 e. The molecule has 2 aromatic rings. The highest BCUT2D eigenvalue weighted by Crippen LogP contribution is 2.26. The Morgan fingerprint density at radius 1 is 1.41 bits per heavy atom. The molecule has 0 unspecified atom stereocenters. The third-order valence-corrected chi connectivity index (χ3v) is 2.80. The standard InChI is InChI=1S/C13H11N3O/c1-8-4-10-12(17)5-11(9-2-3-14-7-9)16-13(10)15-6-8/h2-4,6-7,14H,5H2,1H3. The Balaban J connectivity index is 2.13. The van der Waals surface area contributed by atoms with Gasteiger partial charge in [-0.25, -0.2) is 9.98 Å². The maximum atomic E-state index is 12.0. The van der Waals surface area contributed by atoms with Crippen LogP contribution in [0.1, 0.15) is 27.9 Å². The summed E-state index contributed by atoms with van der Waals surface area (Å²) in [6.07, 6.45) is 5.73. The van der Waals surface area contributed by atoms with Gasteiger partial charge in [0.2, 0.25) is 0 Å². The number of nitrogens with one attached hydrogen (secondary N) is 1. The monoisotopic (exact) mass is 225 g/mol. The van der Waals surface area contributed by atoms with Crippen molar-refractivity contribution in [1.29, 1.82) is 0 Å². The number of ketones is 1. The first-order valence-electron chi connectivity index (χ1n) is 5.44. The number of carbonyl (C=O) groups excluding carboxylic acids is 1. The summed E-state index contributed by atoms with van der Waals surface area (Å²) in [4.78, 5) is 23.6. The van der Waals surface area contributed by atoms with Crippen LogP contribution < -0.4 is 0 Å². The lowest BCUT2D eigenvalue weighted by atomic mass is 9.99. The van der Waals surface area contributed by atoms with Crippen molar-refractivity contribution >= 4 is 17.3 Å². The van der Waals surface area contributed by atoms with Crippen LogP contribution in [0, 0.1) is 6.92 Å². The van der Waals surface area contributed by atoms with Crippen LogP contribution in [-0.4, -0.2) is 21.5 Å². The number of aliphatic imine (C=N–C) groups is 1. The number of aryl methyl sites for hydroxylation is 1. The summed E-state index contributed by atoms with van der Waals surface area (Å²) >= 11 is 0. The second kappa shape index (κ2) is 3.66. The summed E-state index contributed by atoms with van der Waals surface area (Å²) in [6, 6.07) is 3.76. The third-order valence-electron chi connectivity index (χ3n) is 2.80. The van der Waals surface area contributed by atoms with Gasteiger partial charge in [-0.3, -0.25) is 4.79 Å². The minimum atomic E-state index is 0.0856. The first-order valence-corrected chi connectivity index (χ1v) is 5.44. The Bertz CT molecular complexity index is 612. The van der Waals surface area contributed by atoms with Gasteiger partial charge < -0.3 is 4.98 Å². The van der Waals surface area contributed by atoms with Gasteiger partial charge in [0.25, 0.3) is 0 Å². The van der Waals surface area contributed by atoms with Gasteiger partial charge in [-0.2, -0.15) is 0 Å². The van der Waals surface area contributed by atoms with Gasteiger partial charge in [-0.05, 0) is 24.6 Å². The van der Waals surface area contributed by atoms with E-state index in [0.29, 0.717) is 17.8 Å². The van der Waals surface area contributed by atoms with Crippen molar-refractivity contribution < 1.29 is 4.79 Å². The number of rotatable bonds is 1. The molecular formula is C13H11N3O. The summed E-state index contributed by atoms with van der Waals surface area (Å²) in [5.74, 6) is 0.616. The van der Waals surface area contributed by atoms with Crippen LogP contribution in [-0.2, 0) is 0 Å². The maximum absolute atomic E-state index is 12.0. The fraction of sp³-hybridized carbons (Fsp3) is 0.154. The molecule has 0 atom stereocenters. The number of carbonyl (C=O) groups is 1. The minimum absolute atomic E-state index is 0.0856. The van der Waals surface area contributed by atoms with Gasteiger partial charge in [-0.1, -0.05) is 0 Å². The van der Waals surface area contributed by atoms with E-state index in [0.717, 1.165) is 16.8 Å². The number of Topliss-reactive ketones (excluding diaryl/α,β-unsaturated/α-hetero) is 1. The van der Waals surface area contributed by atoms with E-state index in [1.807, 2.05) is 31.5 Å². The van der Waals surface area contributed by atoms with Crippen LogP contribution in [0.3, 0.4) is 0 Å². The molecule has 0 spiro atoms. The lowest BCUT2D eigenvalue weighted by molar-refractivity contribution is 0.0999. The van der Waals surface area contributed by atoms with E-state index < -0.39 is 0 Å². The quantitative estimate of drug-likeness (QED) is 0.810. The van der Waals surface area contributed by atoms with Crippen molar-refractivity contribution in [2.45, 2.75) is 13.3 Å². The molecule has 4 heteroatoms. The van der Waals surface area contributed by atoms with Crippen molar-refractivity contribution in [2.24, 2.45) is 4.99 Å². The van der Waals surface area contributed by atoms with E-state index in [4.69, 9.17) is 0 Å². The predicted molar refractivity (Wildman–Crippen MR) is 64.9 cm³/mol. The molecular weight excluding hydrogens is 214 g/mol. The largest absolute Gasteiger partial charge is 0.367 e. The van der Waals surface area contributed by atoms with Crippen LogP contribution in [0.5, 0.6) is 0 Å². The molecule has 4 nitrogen and oxygen atoms in total. The molecule has 1 N–H and O–H groups in total. The van der Waals surface area contributed by atoms with Crippen molar-refractivity contribution in [3.8, 4) is 0 Å². The molecule has 0 saturated carbocycles. The van der Waals surface area contributed by atoms with Gasteiger partial charge in [0.1, 0.15) is 0 Å². The number of H-pyrrole nitrogens is 1. The molecule has 3 rings (SSSR count). The van der Waals surface area contributed by atoms with E-state index in [1.54, 1.807) is 6.20 Å². The Morgan fingerprint density at radius 2 is 2.29 bits per heavy atom. The number of hydrogen-bond donors (Lipinski definition) is 1. The Hall–Kier alpha value is -2.23. The van der Waals surface area contributed by atoms with Gasteiger partial charge in [0.05, 0.1) is 17.7 Å². The highest BCUT2D eigenvalue weighted by atomic mass is 16.1. The number of nitrogens with zero attached hydrogens (tertiary/aromatic N) is 2. The van der Waals surface area contributed by atoms with E-state index in [1.165, 1.54) is 0 Å². The molecule has 2 aromatic heterocycles. The normalized spacial score (nSPS) is 14.4. The number of aromatic nitrogens is 2. The molecule has 0 radical (unpaired) electrons. The molecule has 0 aliphatic carbocycles. The molecule has 1 aliphatic heterocycles. The zero-order valence-corrected chi connectivity index (χ0v) is 9.40. The molecule has 0 saturated heterocycles. The van der Waals surface area contributed by atoms with Crippen molar-refractivity contribution in [1.82, 2.24) is 9.97 Å². The van der Waals surface area contributed by atoms with Gasteiger partial charge >= 0.3 is 0 Å². The van der Waals surface area contributed by atoms with Crippen molar-refractivity contribution in [2.75, 3.05) is 0 Å². The lowest BCUT2D eigenvalue weighted by Gasteiger charge is -2.13. The van der Waals surface area contributed by atoms with Crippen LogP contribution in [0.2, 0.25) is 0 Å². The molecule has 1 aliphatic rings. The van der Waals surface area contributed by atoms with E-state index in [9.17, 15) is 4.79 Å². The summed E-state index contributed by atoms with van der Waals surface area (Å²) < 4.78 is 0. The van der Waals surface area contributed by atoms with E-state index >= 15 is 0 Å². The van der Waals surface area contributed by atoms with Gasteiger partial charge in [-0.15, -0.1) is 0 Å². The number of hydrogen-bond acceptors (Lipinski definition) is 3. The molecule has 3 heterocycles. The summed E-state index contributed by atoms with van der Waals surface area (Å²) in [5.41, 5.74) is 3.34. The van der Waals surface area contributed by atoms with Crippen LogP contribution in [0.15, 0.2) is 35.7 Å². The van der Waals surface area contributed by atoms with Crippen LogP contribution in [0.4, 0.5) is 5.82 Å². The van der Waals surface area contributed by atoms with Crippen molar-refractivity contribution in [3.05, 3.63) is 47.4 Å². The summed E-state index contributed by atoms with van der Waals surface area (Å²) in [7, 11) is 0.